The van der Waals surface area contributed by atoms with Gasteiger partial charge in [0.05, 0.1) is 6.10 Å². The van der Waals surface area contributed by atoms with Gasteiger partial charge in [-0.1, -0.05) is 61.8 Å². The van der Waals surface area contributed by atoms with Crippen LogP contribution in [-0.2, 0) is 12.8 Å². The highest BCUT2D eigenvalue weighted by Crippen LogP contribution is 2.22. The van der Waals surface area contributed by atoms with Crippen molar-refractivity contribution in [2.75, 3.05) is 0 Å². The first-order valence-corrected chi connectivity index (χ1v) is 7.43. The first-order valence-electron chi connectivity index (χ1n) is 7.06. The van der Waals surface area contributed by atoms with Crippen LogP contribution >= 0.6 is 11.6 Å². The van der Waals surface area contributed by atoms with Crippen molar-refractivity contribution in [3.8, 4) is 0 Å². The molecule has 0 aliphatic heterocycles. The van der Waals surface area contributed by atoms with E-state index in [0.717, 1.165) is 17.5 Å². The molecular formula is C18H21ClO. The maximum atomic E-state index is 10.4. The van der Waals surface area contributed by atoms with Crippen LogP contribution in [0.2, 0.25) is 5.02 Å². The molecule has 0 aromatic heterocycles. The van der Waals surface area contributed by atoms with Crippen LogP contribution in [0.15, 0.2) is 48.5 Å². The summed E-state index contributed by atoms with van der Waals surface area (Å²) in [4.78, 5) is 0. The van der Waals surface area contributed by atoms with Gasteiger partial charge in [-0.2, -0.15) is 0 Å². The molecule has 0 aliphatic rings. The third-order valence-corrected chi connectivity index (χ3v) is 3.53. The smallest absolute Gasteiger partial charge is 0.0830 e. The van der Waals surface area contributed by atoms with E-state index < -0.39 is 6.10 Å². The van der Waals surface area contributed by atoms with E-state index in [-0.39, 0.29) is 0 Å². The number of rotatable bonds is 5. The topological polar surface area (TPSA) is 20.2 Å². The zero-order valence-electron chi connectivity index (χ0n) is 12.0. The Hall–Kier alpha value is -1.31. The van der Waals surface area contributed by atoms with Crippen molar-refractivity contribution >= 4 is 11.6 Å². The van der Waals surface area contributed by atoms with Crippen LogP contribution < -0.4 is 0 Å². The third kappa shape index (κ3) is 4.36. The van der Waals surface area contributed by atoms with Crippen LogP contribution in [-0.4, -0.2) is 5.11 Å². The van der Waals surface area contributed by atoms with Gasteiger partial charge in [-0.05, 0) is 41.2 Å². The lowest BCUT2D eigenvalue weighted by Crippen LogP contribution is -2.03. The summed E-state index contributed by atoms with van der Waals surface area (Å²) in [5, 5.41) is 11.1. The maximum absolute atomic E-state index is 10.4. The monoisotopic (exact) mass is 288 g/mol. The molecule has 0 spiro atoms. The summed E-state index contributed by atoms with van der Waals surface area (Å²) >= 11 is 5.98. The Balaban J connectivity index is 2.10. The molecule has 0 amide bonds. The Morgan fingerprint density at radius 1 is 0.950 bits per heavy atom. The van der Waals surface area contributed by atoms with Crippen LogP contribution in [0.1, 0.15) is 36.6 Å². The highest BCUT2D eigenvalue weighted by atomic mass is 35.5. The Bertz CT molecular complexity index is 563. The molecule has 1 nitrogen and oxygen atoms in total. The molecule has 2 rings (SSSR count). The average molecular weight is 289 g/mol. The number of benzene rings is 2. The van der Waals surface area contributed by atoms with Crippen LogP contribution in [0.25, 0.3) is 0 Å². The van der Waals surface area contributed by atoms with E-state index in [1.807, 2.05) is 36.4 Å². The van der Waals surface area contributed by atoms with E-state index in [1.165, 1.54) is 5.56 Å². The molecule has 20 heavy (non-hydrogen) atoms. The Labute approximate surface area is 126 Å². The van der Waals surface area contributed by atoms with Crippen molar-refractivity contribution in [1.82, 2.24) is 0 Å². The molecule has 2 aromatic carbocycles. The van der Waals surface area contributed by atoms with Crippen molar-refractivity contribution in [2.45, 2.75) is 32.8 Å². The predicted octanol–water partition coefficient (Wildman–Crippen LogP) is 4.81. The molecule has 2 aromatic rings. The molecule has 1 unspecified atom stereocenters. The van der Waals surface area contributed by atoms with Crippen LogP contribution in [0.3, 0.4) is 0 Å². The van der Waals surface area contributed by atoms with E-state index in [1.54, 1.807) is 0 Å². The summed E-state index contributed by atoms with van der Waals surface area (Å²) in [7, 11) is 0. The predicted molar refractivity (Wildman–Crippen MR) is 85.1 cm³/mol. The van der Waals surface area contributed by atoms with Crippen LogP contribution in [0, 0.1) is 5.92 Å². The highest BCUT2D eigenvalue weighted by molar-refractivity contribution is 6.30. The third-order valence-electron chi connectivity index (χ3n) is 3.30. The van der Waals surface area contributed by atoms with E-state index in [9.17, 15) is 5.11 Å². The average Bonchev–Trinajstić information content (AvgIpc) is 2.38. The summed E-state index contributed by atoms with van der Waals surface area (Å²) < 4.78 is 0. The molecular weight excluding hydrogens is 268 g/mol. The normalized spacial score (nSPS) is 12.7. The summed E-state index contributed by atoms with van der Waals surface area (Å²) in [5.41, 5.74) is 3.31. The molecule has 1 atom stereocenters. The van der Waals surface area contributed by atoms with Crippen LogP contribution in [0.5, 0.6) is 0 Å². The van der Waals surface area contributed by atoms with Gasteiger partial charge in [0.2, 0.25) is 0 Å². The number of aliphatic hydroxyl groups excluding tert-OH is 1. The second-order valence-electron chi connectivity index (χ2n) is 5.69. The quantitative estimate of drug-likeness (QED) is 0.837. The largest absolute Gasteiger partial charge is 0.388 e. The molecule has 0 bridgehead atoms. The van der Waals surface area contributed by atoms with Gasteiger partial charge in [-0.3, -0.25) is 0 Å². The Kier molecular flexibility index (Phi) is 5.22. The number of halogens is 1. The number of aliphatic hydroxyl groups is 1. The first-order chi connectivity index (χ1) is 9.54. The summed E-state index contributed by atoms with van der Waals surface area (Å²) in [6, 6.07) is 15.9. The lowest BCUT2D eigenvalue weighted by Gasteiger charge is -2.13. The van der Waals surface area contributed by atoms with Gasteiger partial charge in [-0.15, -0.1) is 0 Å². The van der Waals surface area contributed by atoms with Crippen molar-refractivity contribution in [3.63, 3.8) is 0 Å². The molecule has 0 saturated heterocycles. The lowest BCUT2D eigenvalue weighted by molar-refractivity contribution is 0.178. The second-order valence-corrected chi connectivity index (χ2v) is 6.13. The van der Waals surface area contributed by atoms with E-state index in [0.29, 0.717) is 17.4 Å². The van der Waals surface area contributed by atoms with Gasteiger partial charge in [-0.25, -0.2) is 0 Å². The minimum atomic E-state index is -0.486. The molecule has 2 heteroatoms. The minimum absolute atomic E-state index is 0.486. The van der Waals surface area contributed by atoms with Gasteiger partial charge in [0.15, 0.2) is 0 Å². The maximum Gasteiger partial charge on any atom is 0.0830 e. The lowest BCUT2D eigenvalue weighted by atomic mass is 9.96. The standard InChI is InChI=1S/C18H21ClO/c1-13(2)9-14-5-3-7-16(10-14)18(20)12-15-6-4-8-17(19)11-15/h3-8,10-11,13,18,20H,9,12H2,1-2H3. The Morgan fingerprint density at radius 3 is 2.25 bits per heavy atom. The molecule has 0 heterocycles. The van der Waals surface area contributed by atoms with Gasteiger partial charge in [0.1, 0.15) is 0 Å². The zero-order valence-corrected chi connectivity index (χ0v) is 12.8. The number of hydrogen-bond donors (Lipinski definition) is 1. The summed E-state index contributed by atoms with van der Waals surface area (Å²) in [6.07, 6.45) is 1.14. The summed E-state index contributed by atoms with van der Waals surface area (Å²) in [5.74, 6) is 0.621. The van der Waals surface area contributed by atoms with Crippen LogP contribution in [0.4, 0.5) is 0 Å². The van der Waals surface area contributed by atoms with Gasteiger partial charge in [0, 0.05) is 11.4 Å². The van der Waals surface area contributed by atoms with Gasteiger partial charge < -0.3 is 5.11 Å². The first kappa shape index (κ1) is 15.1. The molecule has 1 N–H and O–H groups in total. The van der Waals surface area contributed by atoms with Gasteiger partial charge >= 0.3 is 0 Å². The molecule has 106 valence electrons. The molecule has 0 radical (unpaired) electrons. The highest BCUT2D eigenvalue weighted by Gasteiger charge is 2.10. The minimum Gasteiger partial charge on any atom is -0.388 e. The summed E-state index contributed by atoms with van der Waals surface area (Å²) in [6.45, 7) is 4.41. The van der Waals surface area contributed by atoms with Crippen molar-refractivity contribution < 1.29 is 5.11 Å². The number of hydrogen-bond acceptors (Lipinski definition) is 1. The molecule has 0 fully saturated rings. The second kappa shape index (κ2) is 6.92. The molecule has 0 aliphatic carbocycles. The fourth-order valence-corrected chi connectivity index (χ4v) is 2.62. The van der Waals surface area contributed by atoms with Crippen molar-refractivity contribution in [1.29, 1.82) is 0 Å². The zero-order chi connectivity index (χ0) is 14.5. The van der Waals surface area contributed by atoms with E-state index >= 15 is 0 Å². The van der Waals surface area contributed by atoms with E-state index in [2.05, 4.69) is 26.0 Å². The SMILES string of the molecule is CC(C)Cc1cccc(C(O)Cc2cccc(Cl)c2)c1. The fraction of sp³-hybridized carbons (Fsp3) is 0.333. The molecule has 0 saturated carbocycles. The van der Waals surface area contributed by atoms with Crippen molar-refractivity contribution in [2.24, 2.45) is 5.92 Å². The van der Waals surface area contributed by atoms with Gasteiger partial charge in [0.25, 0.3) is 0 Å². The van der Waals surface area contributed by atoms with Crippen molar-refractivity contribution in [3.05, 3.63) is 70.2 Å². The fourth-order valence-electron chi connectivity index (χ4n) is 2.40. The van der Waals surface area contributed by atoms with E-state index in [4.69, 9.17) is 11.6 Å². The Morgan fingerprint density at radius 2 is 1.60 bits per heavy atom.